The van der Waals surface area contributed by atoms with E-state index in [0.29, 0.717) is 19.7 Å². The molecule has 0 spiro atoms. The van der Waals surface area contributed by atoms with Crippen molar-refractivity contribution in [3.8, 4) is 11.3 Å². The lowest BCUT2D eigenvalue weighted by Crippen LogP contribution is -2.38. The number of amides is 1. The van der Waals surface area contributed by atoms with Crippen molar-refractivity contribution in [3.05, 3.63) is 72.2 Å². The first-order valence-corrected chi connectivity index (χ1v) is 11.1. The van der Waals surface area contributed by atoms with Crippen LogP contribution in [0.3, 0.4) is 0 Å². The summed E-state index contributed by atoms with van der Waals surface area (Å²) in [6, 6.07) is 17.9. The van der Waals surface area contributed by atoms with Crippen LogP contribution < -0.4 is 10.6 Å². The van der Waals surface area contributed by atoms with Crippen molar-refractivity contribution < 1.29 is 9.53 Å². The Labute approximate surface area is 217 Å². The Morgan fingerprint density at radius 3 is 2.79 bits per heavy atom. The fourth-order valence-electron chi connectivity index (χ4n) is 3.84. The van der Waals surface area contributed by atoms with Gasteiger partial charge in [-0.15, -0.1) is 24.0 Å². The van der Waals surface area contributed by atoms with Crippen LogP contribution in [0, 0.1) is 0 Å². The lowest BCUT2D eigenvalue weighted by atomic mass is 10.2. The van der Waals surface area contributed by atoms with E-state index in [0.717, 1.165) is 47.1 Å². The van der Waals surface area contributed by atoms with Crippen molar-refractivity contribution in [2.45, 2.75) is 32.0 Å². The van der Waals surface area contributed by atoms with Gasteiger partial charge in [0.05, 0.1) is 18.4 Å². The third-order valence-electron chi connectivity index (χ3n) is 5.54. The highest BCUT2D eigenvalue weighted by Crippen LogP contribution is 2.18. The molecule has 1 unspecified atom stereocenters. The number of aliphatic imine (C=N–C) groups is 1. The Kier molecular flexibility index (Phi) is 9.46. The van der Waals surface area contributed by atoms with Gasteiger partial charge in [-0.3, -0.25) is 9.79 Å². The first-order valence-electron chi connectivity index (χ1n) is 11.1. The smallest absolute Gasteiger partial charge is 0.253 e. The topological polar surface area (TPSA) is 94.6 Å². The molecule has 9 heteroatoms. The molecule has 180 valence electrons. The number of ether oxygens (including phenoxy) is 1. The van der Waals surface area contributed by atoms with Crippen molar-refractivity contribution in [2.24, 2.45) is 4.99 Å². The highest BCUT2D eigenvalue weighted by Gasteiger charge is 2.23. The zero-order valence-electron chi connectivity index (χ0n) is 19.5. The number of aromatic amines is 1. The number of nitrogens with one attached hydrogen (secondary N) is 3. The molecule has 1 saturated heterocycles. The number of anilines is 1. The van der Waals surface area contributed by atoms with Crippen molar-refractivity contribution in [1.29, 1.82) is 0 Å². The summed E-state index contributed by atoms with van der Waals surface area (Å²) in [5.74, 6) is 1.53. The average Bonchev–Trinajstić information content (AvgIpc) is 3.53. The molecular weight excluding hydrogens is 543 g/mol. The van der Waals surface area contributed by atoms with Gasteiger partial charge in [0.1, 0.15) is 11.9 Å². The van der Waals surface area contributed by atoms with Crippen LogP contribution in [0.25, 0.3) is 11.3 Å². The molecule has 34 heavy (non-hydrogen) atoms. The Morgan fingerprint density at radius 2 is 2.06 bits per heavy atom. The number of carbonyl (C=O) groups is 1. The number of imidazole rings is 1. The van der Waals surface area contributed by atoms with Crippen LogP contribution in [0.5, 0.6) is 0 Å². The number of benzene rings is 2. The van der Waals surface area contributed by atoms with Gasteiger partial charge < -0.3 is 25.3 Å². The van der Waals surface area contributed by atoms with Crippen molar-refractivity contribution in [2.75, 3.05) is 26.0 Å². The fraction of sp³-hybridized carbons (Fsp3) is 0.320. The van der Waals surface area contributed by atoms with Gasteiger partial charge in [-0.25, -0.2) is 4.98 Å². The number of halogens is 1. The van der Waals surface area contributed by atoms with E-state index >= 15 is 0 Å². The maximum atomic E-state index is 12.3. The molecule has 4 rings (SSSR count). The highest BCUT2D eigenvalue weighted by atomic mass is 127. The van der Waals surface area contributed by atoms with E-state index in [2.05, 4.69) is 37.7 Å². The molecule has 0 radical (unpaired) electrons. The Hall–Kier alpha value is -2.92. The molecule has 2 aromatic carbocycles. The van der Waals surface area contributed by atoms with Crippen LogP contribution in [-0.2, 0) is 22.6 Å². The average molecular weight is 574 g/mol. The summed E-state index contributed by atoms with van der Waals surface area (Å²) in [5.41, 5.74) is 3.90. The molecule has 1 aliphatic rings. The molecule has 3 N–H and O–H groups in total. The monoisotopic (exact) mass is 574 g/mol. The van der Waals surface area contributed by atoms with Gasteiger partial charge in [-0.2, -0.15) is 0 Å². The molecule has 0 bridgehead atoms. The summed E-state index contributed by atoms with van der Waals surface area (Å²) < 4.78 is 5.46. The summed E-state index contributed by atoms with van der Waals surface area (Å²) in [6.45, 7) is 1.82. The van der Waals surface area contributed by atoms with Crippen LogP contribution in [0.2, 0.25) is 0 Å². The van der Waals surface area contributed by atoms with Crippen molar-refractivity contribution in [3.63, 3.8) is 0 Å². The van der Waals surface area contributed by atoms with Crippen molar-refractivity contribution in [1.82, 2.24) is 20.2 Å². The summed E-state index contributed by atoms with van der Waals surface area (Å²) in [7, 11) is 3.73. The second-order valence-electron chi connectivity index (χ2n) is 8.06. The van der Waals surface area contributed by atoms with Crippen LogP contribution in [0.4, 0.5) is 5.69 Å². The number of aromatic nitrogens is 2. The molecule has 2 heterocycles. The Morgan fingerprint density at radius 1 is 1.24 bits per heavy atom. The van der Waals surface area contributed by atoms with E-state index < -0.39 is 0 Å². The largest absolute Gasteiger partial charge is 0.368 e. The molecular formula is C25H31IN6O2. The lowest BCUT2D eigenvalue weighted by Gasteiger charge is -2.21. The number of hydrogen-bond donors (Lipinski definition) is 3. The predicted octanol–water partition coefficient (Wildman–Crippen LogP) is 4.02. The first kappa shape index (κ1) is 25.7. The second kappa shape index (κ2) is 12.5. The third kappa shape index (κ3) is 6.80. The van der Waals surface area contributed by atoms with E-state index in [-0.39, 0.29) is 36.0 Å². The number of H-pyrrole nitrogens is 1. The molecule has 1 aromatic heterocycles. The Balaban J connectivity index is 0.00000324. The van der Waals surface area contributed by atoms with Gasteiger partial charge in [0.15, 0.2) is 5.96 Å². The van der Waals surface area contributed by atoms with Crippen LogP contribution in [0.15, 0.2) is 65.8 Å². The van der Waals surface area contributed by atoms with Gasteiger partial charge in [-0.05, 0) is 36.1 Å². The van der Waals surface area contributed by atoms with Gasteiger partial charge in [0.2, 0.25) is 0 Å². The van der Waals surface area contributed by atoms with E-state index in [1.807, 2.05) is 60.6 Å². The zero-order chi connectivity index (χ0) is 23.0. The van der Waals surface area contributed by atoms with Crippen LogP contribution in [0.1, 0.15) is 24.2 Å². The molecule has 1 aliphatic heterocycles. The SMILES string of the molecule is CN=C(NCc1cccc(NC(=O)C2CCCO2)c1)N(C)Cc1ncc(-c2ccccc2)[nH]1.I. The molecule has 1 fully saturated rings. The summed E-state index contributed by atoms with van der Waals surface area (Å²) in [6.07, 6.45) is 3.21. The number of nitrogens with zero attached hydrogens (tertiary/aromatic N) is 3. The second-order valence-corrected chi connectivity index (χ2v) is 8.06. The Bertz CT molecular complexity index is 1100. The van der Waals surface area contributed by atoms with E-state index in [1.54, 1.807) is 7.05 Å². The summed E-state index contributed by atoms with van der Waals surface area (Å²) in [5, 5.41) is 6.33. The zero-order valence-corrected chi connectivity index (χ0v) is 21.8. The molecule has 3 aromatic rings. The lowest BCUT2D eigenvalue weighted by molar-refractivity contribution is -0.124. The standard InChI is InChI=1S/C25H30N6O2.HI/c1-26-25(31(2)17-23-27-16-21(30-23)19-9-4-3-5-10-19)28-15-18-8-6-11-20(14-18)29-24(32)22-12-7-13-33-22;/h3-6,8-11,14,16,22H,7,12-13,15,17H2,1-2H3,(H,26,28)(H,27,30)(H,29,32);1H. The van der Waals surface area contributed by atoms with E-state index in [4.69, 9.17) is 4.74 Å². The number of guanidine groups is 1. The quantitative estimate of drug-likeness (QED) is 0.225. The number of carbonyl (C=O) groups excluding carboxylic acids is 1. The maximum Gasteiger partial charge on any atom is 0.253 e. The van der Waals surface area contributed by atoms with Crippen LogP contribution in [-0.4, -0.2) is 53.5 Å². The minimum absolute atomic E-state index is 0. The fourth-order valence-corrected chi connectivity index (χ4v) is 3.84. The number of rotatable bonds is 7. The molecule has 1 amide bonds. The molecule has 0 saturated carbocycles. The van der Waals surface area contributed by atoms with Gasteiger partial charge in [0, 0.05) is 32.9 Å². The van der Waals surface area contributed by atoms with Gasteiger partial charge in [0.25, 0.3) is 5.91 Å². The normalized spacial score (nSPS) is 15.5. The minimum atomic E-state index is -0.344. The molecule has 1 atom stereocenters. The molecule has 8 nitrogen and oxygen atoms in total. The molecule has 0 aliphatic carbocycles. The van der Waals surface area contributed by atoms with Gasteiger partial charge in [-0.1, -0.05) is 42.5 Å². The minimum Gasteiger partial charge on any atom is -0.368 e. The van der Waals surface area contributed by atoms with E-state index in [9.17, 15) is 4.79 Å². The van der Waals surface area contributed by atoms with Crippen LogP contribution >= 0.6 is 24.0 Å². The summed E-state index contributed by atoms with van der Waals surface area (Å²) >= 11 is 0. The first-order chi connectivity index (χ1) is 16.1. The third-order valence-corrected chi connectivity index (χ3v) is 5.54. The number of hydrogen-bond acceptors (Lipinski definition) is 4. The van der Waals surface area contributed by atoms with Gasteiger partial charge >= 0.3 is 0 Å². The summed E-state index contributed by atoms with van der Waals surface area (Å²) in [4.78, 5) is 26.6. The highest BCUT2D eigenvalue weighted by molar-refractivity contribution is 14.0. The maximum absolute atomic E-state index is 12.3. The van der Waals surface area contributed by atoms with E-state index in [1.165, 1.54) is 0 Å². The van der Waals surface area contributed by atoms with Crippen molar-refractivity contribution >= 4 is 41.5 Å². The predicted molar refractivity (Wildman–Crippen MR) is 145 cm³/mol.